The SMILES string of the molecule is CNc1ccc([N+](=O)[O-])c(-n2ccnc2C)n1. The number of nitrogens with zero attached hydrogens (tertiary/aromatic N) is 4. The molecule has 0 saturated heterocycles. The summed E-state index contributed by atoms with van der Waals surface area (Å²) < 4.78 is 1.58. The maximum atomic E-state index is 10.9. The van der Waals surface area contributed by atoms with Crippen molar-refractivity contribution in [3.63, 3.8) is 0 Å². The number of anilines is 1. The average molecular weight is 233 g/mol. The summed E-state index contributed by atoms with van der Waals surface area (Å²) in [5, 5.41) is 13.8. The first kappa shape index (κ1) is 11.1. The second-order valence-corrected chi connectivity index (χ2v) is 3.39. The van der Waals surface area contributed by atoms with Crippen molar-refractivity contribution in [3.05, 3.63) is 40.5 Å². The van der Waals surface area contributed by atoms with Gasteiger partial charge in [-0.1, -0.05) is 0 Å². The Morgan fingerprint density at radius 3 is 2.76 bits per heavy atom. The lowest BCUT2D eigenvalue weighted by atomic mass is 10.3. The van der Waals surface area contributed by atoms with Crippen LogP contribution in [0.2, 0.25) is 0 Å². The topological polar surface area (TPSA) is 85.9 Å². The quantitative estimate of drug-likeness (QED) is 0.641. The van der Waals surface area contributed by atoms with Crippen LogP contribution in [-0.4, -0.2) is 26.5 Å². The summed E-state index contributed by atoms with van der Waals surface area (Å²) in [5.74, 6) is 1.48. The largest absolute Gasteiger partial charge is 0.373 e. The van der Waals surface area contributed by atoms with Gasteiger partial charge < -0.3 is 5.32 Å². The van der Waals surface area contributed by atoms with E-state index in [1.807, 2.05) is 0 Å². The van der Waals surface area contributed by atoms with E-state index in [0.717, 1.165) is 0 Å². The summed E-state index contributed by atoms with van der Waals surface area (Å²) in [6, 6.07) is 2.99. The minimum absolute atomic E-state index is 0.0508. The zero-order valence-electron chi connectivity index (χ0n) is 9.41. The molecule has 2 aromatic rings. The zero-order valence-corrected chi connectivity index (χ0v) is 9.41. The summed E-state index contributed by atoms with van der Waals surface area (Å²) in [6.45, 7) is 1.76. The van der Waals surface area contributed by atoms with Gasteiger partial charge >= 0.3 is 5.69 Å². The Labute approximate surface area is 97.3 Å². The Bertz CT molecular complexity index is 564. The Kier molecular flexibility index (Phi) is 2.73. The molecule has 88 valence electrons. The van der Waals surface area contributed by atoms with E-state index in [-0.39, 0.29) is 11.5 Å². The van der Waals surface area contributed by atoms with Crippen LogP contribution < -0.4 is 5.32 Å². The molecule has 0 fully saturated rings. The number of hydrogen-bond donors (Lipinski definition) is 1. The van der Waals surface area contributed by atoms with Gasteiger partial charge in [-0.15, -0.1) is 0 Å². The second-order valence-electron chi connectivity index (χ2n) is 3.39. The number of pyridine rings is 1. The van der Waals surface area contributed by atoms with Crippen LogP contribution in [0, 0.1) is 17.0 Å². The number of nitro groups is 1. The summed E-state index contributed by atoms with van der Waals surface area (Å²) in [6.07, 6.45) is 3.22. The van der Waals surface area contributed by atoms with Gasteiger partial charge in [-0.25, -0.2) is 9.97 Å². The smallest absolute Gasteiger partial charge is 0.312 e. The van der Waals surface area contributed by atoms with Gasteiger partial charge in [-0.3, -0.25) is 14.7 Å². The molecule has 17 heavy (non-hydrogen) atoms. The minimum atomic E-state index is -0.457. The molecule has 2 heterocycles. The normalized spacial score (nSPS) is 10.2. The summed E-state index contributed by atoms with van der Waals surface area (Å²) >= 11 is 0. The van der Waals surface area contributed by atoms with Gasteiger partial charge in [0.05, 0.1) is 4.92 Å². The van der Waals surface area contributed by atoms with Crippen LogP contribution >= 0.6 is 0 Å². The molecule has 0 aliphatic carbocycles. The molecule has 0 saturated carbocycles. The summed E-state index contributed by atoms with van der Waals surface area (Å²) in [4.78, 5) is 18.7. The van der Waals surface area contributed by atoms with Crippen molar-refractivity contribution in [1.29, 1.82) is 0 Å². The summed E-state index contributed by atoms with van der Waals surface area (Å²) in [7, 11) is 1.71. The Morgan fingerprint density at radius 1 is 1.47 bits per heavy atom. The van der Waals surface area contributed by atoms with Gasteiger partial charge in [-0.2, -0.15) is 0 Å². The molecule has 2 aromatic heterocycles. The van der Waals surface area contributed by atoms with Crippen LogP contribution in [0.4, 0.5) is 11.5 Å². The van der Waals surface area contributed by atoms with Gasteiger partial charge in [-0.05, 0) is 13.0 Å². The van der Waals surface area contributed by atoms with E-state index in [4.69, 9.17) is 0 Å². The fourth-order valence-electron chi connectivity index (χ4n) is 1.50. The van der Waals surface area contributed by atoms with Gasteiger partial charge in [0.2, 0.25) is 5.82 Å². The van der Waals surface area contributed by atoms with Crippen LogP contribution in [0.5, 0.6) is 0 Å². The fourth-order valence-corrected chi connectivity index (χ4v) is 1.50. The van der Waals surface area contributed by atoms with E-state index < -0.39 is 4.92 Å². The third-order valence-corrected chi connectivity index (χ3v) is 2.36. The number of aromatic nitrogens is 3. The van der Waals surface area contributed by atoms with Crippen molar-refractivity contribution in [2.45, 2.75) is 6.92 Å². The standard InChI is InChI=1S/C10H11N5O2/c1-7-12-5-6-14(7)10-8(15(16)17)3-4-9(11-2)13-10/h3-6H,1-2H3,(H,11,13). The van der Waals surface area contributed by atoms with Crippen LogP contribution in [0.3, 0.4) is 0 Å². The molecule has 0 aromatic carbocycles. The number of nitrogens with one attached hydrogen (secondary N) is 1. The highest BCUT2D eigenvalue weighted by Crippen LogP contribution is 2.23. The average Bonchev–Trinajstić information content (AvgIpc) is 2.74. The van der Waals surface area contributed by atoms with Gasteiger partial charge in [0.15, 0.2) is 0 Å². The molecule has 0 bridgehead atoms. The first-order valence-electron chi connectivity index (χ1n) is 4.97. The van der Waals surface area contributed by atoms with Crippen molar-refractivity contribution in [3.8, 4) is 5.82 Å². The highest BCUT2D eigenvalue weighted by molar-refractivity contribution is 5.53. The van der Waals surface area contributed by atoms with E-state index in [0.29, 0.717) is 11.6 Å². The Balaban J connectivity index is 2.65. The van der Waals surface area contributed by atoms with Gasteiger partial charge in [0.1, 0.15) is 11.6 Å². The predicted molar refractivity (Wildman–Crippen MR) is 62.3 cm³/mol. The highest BCUT2D eigenvalue weighted by Gasteiger charge is 2.18. The minimum Gasteiger partial charge on any atom is -0.373 e. The molecule has 2 rings (SSSR count). The Morgan fingerprint density at radius 2 is 2.24 bits per heavy atom. The van der Waals surface area contributed by atoms with E-state index in [1.165, 1.54) is 6.07 Å². The van der Waals surface area contributed by atoms with E-state index >= 15 is 0 Å². The van der Waals surface area contributed by atoms with Crippen LogP contribution in [-0.2, 0) is 0 Å². The maximum absolute atomic E-state index is 10.9. The number of rotatable bonds is 3. The van der Waals surface area contributed by atoms with Gasteiger partial charge in [0.25, 0.3) is 0 Å². The fraction of sp³-hybridized carbons (Fsp3) is 0.200. The molecule has 0 atom stereocenters. The van der Waals surface area contributed by atoms with Crippen molar-refractivity contribution >= 4 is 11.5 Å². The molecule has 1 N–H and O–H groups in total. The molecule has 7 nitrogen and oxygen atoms in total. The molecule has 0 radical (unpaired) electrons. The molecular weight excluding hydrogens is 222 g/mol. The monoisotopic (exact) mass is 233 g/mol. The third kappa shape index (κ3) is 1.94. The first-order chi connectivity index (χ1) is 8.13. The van der Waals surface area contributed by atoms with Crippen molar-refractivity contribution < 1.29 is 4.92 Å². The van der Waals surface area contributed by atoms with Crippen LogP contribution in [0.25, 0.3) is 5.82 Å². The number of aryl methyl sites for hydroxylation is 1. The van der Waals surface area contributed by atoms with E-state index in [2.05, 4.69) is 15.3 Å². The molecule has 0 spiro atoms. The maximum Gasteiger partial charge on any atom is 0.312 e. The molecule has 0 amide bonds. The highest BCUT2D eigenvalue weighted by atomic mass is 16.6. The zero-order chi connectivity index (χ0) is 12.4. The number of imidazole rings is 1. The molecule has 0 aliphatic heterocycles. The first-order valence-corrected chi connectivity index (χ1v) is 4.97. The number of hydrogen-bond acceptors (Lipinski definition) is 5. The van der Waals surface area contributed by atoms with Crippen molar-refractivity contribution in [2.24, 2.45) is 0 Å². The van der Waals surface area contributed by atoms with Gasteiger partial charge in [0, 0.05) is 25.5 Å². The van der Waals surface area contributed by atoms with Crippen molar-refractivity contribution in [2.75, 3.05) is 12.4 Å². The second kappa shape index (κ2) is 4.20. The van der Waals surface area contributed by atoms with E-state index in [9.17, 15) is 10.1 Å². The Hall–Kier alpha value is -2.44. The molecule has 7 heteroatoms. The van der Waals surface area contributed by atoms with Crippen LogP contribution in [0.1, 0.15) is 5.82 Å². The van der Waals surface area contributed by atoms with Crippen LogP contribution in [0.15, 0.2) is 24.5 Å². The predicted octanol–water partition coefficient (Wildman–Crippen LogP) is 1.53. The molecule has 0 aliphatic rings. The third-order valence-electron chi connectivity index (χ3n) is 2.36. The molecule has 0 unspecified atom stereocenters. The summed E-state index contributed by atoms with van der Waals surface area (Å²) in [5.41, 5.74) is -0.0508. The lowest BCUT2D eigenvalue weighted by Gasteiger charge is -2.07. The van der Waals surface area contributed by atoms with E-state index in [1.54, 1.807) is 37.0 Å². The lowest BCUT2D eigenvalue weighted by molar-refractivity contribution is -0.384. The van der Waals surface area contributed by atoms with Crippen molar-refractivity contribution in [1.82, 2.24) is 14.5 Å². The lowest BCUT2D eigenvalue weighted by Crippen LogP contribution is -2.05. The molecular formula is C10H11N5O2.